The number of halogens is 5. The summed E-state index contributed by atoms with van der Waals surface area (Å²) in [7, 11) is 0. The summed E-state index contributed by atoms with van der Waals surface area (Å²) in [6, 6.07) is -1.17. The third-order valence-corrected chi connectivity index (χ3v) is 8.68. The van der Waals surface area contributed by atoms with Gasteiger partial charge in [-0.3, -0.25) is 19.4 Å². The maximum atomic E-state index is 13.5. The first-order valence-corrected chi connectivity index (χ1v) is 14.2. The molecule has 1 aliphatic heterocycles. The Hall–Kier alpha value is -1.32. The van der Waals surface area contributed by atoms with Gasteiger partial charge in [-0.1, -0.05) is 38.5 Å². The smallest absolute Gasteiger partial charge is 0.391 e. The van der Waals surface area contributed by atoms with E-state index in [4.69, 9.17) is 0 Å². The van der Waals surface area contributed by atoms with E-state index in [0.717, 1.165) is 19.3 Å². The summed E-state index contributed by atoms with van der Waals surface area (Å²) in [5.74, 6) is -4.36. The molecular formula is C22H32BrF3IN5O4. The van der Waals surface area contributed by atoms with E-state index in [0.29, 0.717) is 23.0 Å². The van der Waals surface area contributed by atoms with Crippen molar-refractivity contribution in [1.29, 1.82) is 0 Å². The van der Waals surface area contributed by atoms with Crippen LogP contribution >= 0.6 is 38.5 Å². The van der Waals surface area contributed by atoms with Crippen molar-refractivity contribution in [1.82, 2.24) is 21.3 Å². The molecule has 5 N–H and O–H groups in total. The lowest BCUT2D eigenvalue weighted by Gasteiger charge is -2.36. The predicted molar refractivity (Wildman–Crippen MR) is 139 cm³/mol. The van der Waals surface area contributed by atoms with Crippen LogP contribution in [-0.4, -0.2) is 75.5 Å². The minimum absolute atomic E-state index is 0.0365. The van der Waals surface area contributed by atoms with Gasteiger partial charge in [0.2, 0.25) is 11.8 Å². The van der Waals surface area contributed by atoms with Crippen LogP contribution in [0.3, 0.4) is 0 Å². The van der Waals surface area contributed by atoms with Crippen LogP contribution in [0.2, 0.25) is 0 Å². The quantitative estimate of drug-likeness (QED) is 0.196. The molecule has 3 aliphatic rings. The van der Waals surface area contributed by atoms with Crippen molar-refractivity contribution in [3.8, 4) is 0 Å². The Labute approximate surface area is 229 Å². The van der Waals surface area contributed by atoms with Crippen molar-refractivity contribution in [3.63, 3.8) is 0 Å². The maximum Gasteiger partial charge on any atom is 0.391 e. The van der Waals surface area contributed by atoms with Crippen LogP contribution in [-0.2, 0) is 14.4 Å². The van der Waals surface area contributed by atoms with E-state index in [1.807, 2.05) is 0 Å². The number of nitrogens with one attached hydrogen (secondary N) is 4. The number of alkyl halides is 5. The number of carbonyl (C=O) groups excluding carboxylic acids is 2. The Morgan fingerprint density at radius 3 is 2.53 bits per heavy atom. The minimum atomic E-state index is -4.44. The zero-order valence-corrected chi connectivity index (χ0v) is 23.4. The molecule has 7 unspecified atom stereocenters. The van der Waals surface area contributed by atoms with Gasteiger partial charge in [-0.15, -0.1) is 0 Å². The molecular weight excluding hydrogens is 662 g/mol. The lowest BCUT2D eigenvalue weighted by molar-refractivity contribution is -0.188. The Bertz CT molecular complexity index is 839. The number of aliphatic carboxylic acids is 1. The molecule has 2 fully saturated rings. The number of guanidine groups is 1. The molecule has 2 saturated carbocycles. The van der Waals surface area contributed by atoms with E-state index >= 15 is 0 Å². The molecule has 0 bridgehead atoms. The first kappa shape index (κ1) is 29.2. The van der Waals surface area contributed by atoms with E-state index in [-0.39, 0.29) is 36.4 Å². The lowest BCUT2D eigenvalue weighted by Crippen LogP contribution is -2.51. The molecule has 204 valence electrons. The lowest BCUT2D eigenvalue weighted by atomic mass is 9.77. The Balaban J connectivity index is 1.56. The molecule has 3 rings (SSSR count). The number of carboxylic acids is 1. The summed E-state index contributed by atoms with van der Waals surface area (Å²) >= 11 is 5.91. The van der Waals surface area contributed by atoms with E-state index < -0.39 is 54.4 Å². The molecule has 0 aromatic heterocycles. The van der Waals surface area contributed by atoms with Crippen molar-refractivity contribution in [2.24, 2.45) is 22.7 Å². The third kappa shape index (κ3) is 8.91. The fourth-order valence-corrected chi connectivity index (χ4v) is 8.15. The summed E-state index contributed by atoms with van der Waals surface area (Å²) < 4.78 is 41.0. The largest absolute Gasteiger partial charge is 0.481 e. The van der Waals surface area contributed by atoms with Crippen LogP contribution in [0.25, 0.3) is 0 Å². The minimum Gasteiger partial charge on any atom is -0.481 e. The van der Waals surface area contributed by atoms with E-state index in [9.17, 15) is 32.7 Å². The average Bonchev–Trinajstić information content (AvgIpc) is 3.28. The molecule has 0 aromatic carbocycles. The van der Waals surface area contributed by atoms with Gasteiger partial charge in [0.25, 0.3) is 0 Å². The number of aliphatic imine (C=N–C) groups is 1. The Morgan fingerprint density at radius 1 is 1.17 bits per heavy atom. The number of hydrogen-bond donors (Lipinski definition) is 5. The highest BCUT2D eigenvalue weighted by molar-refractivity contribution is 14.1. The normalized spacial score (nSPS) is 31.5. The van der Waals surface area contributed by atoms with Crippen molar-refractivity contribution in [3.05, 3.63) is 0 Å². The van der Waals surface area contributed by atoms with E-state index in [2.05, 4.69) is 64.8 Å². The van der Waals surface area contributed by atoms with Crippen LogP contribution in [0.5, 0.6) is 0 Å². The van der Waals surface area contributed by atoms with Gasteiger partial charge < -0.3 is 26.4 Å². The molecule has 0 spiro atoms. The summed E-state index contributed by atoms with van der Waals surface area (Å²) in [6.45, 7) is 0.719. The Kier molecular flexibility index (Phi) is 10.5. The summed E-state index contributed by atoms with van der Waals surface area (Å²) in [6.07, 6.45) is -2.54. The molecule has 1 heterocycles. The van der Waals surface area contributed by atoms with Gasteiger partial charge in [-0.2, -0.15) is 13.2 Å². The molecule has 7 atom stereocenters. The monoisotopic (exact) mass is 693 g/mol. The summed E-state index contributed by atoms with van der Waals surface area (Å²) in [5, 5.41) is 20.5. The number of hydrogen-bond acceptors (Lipinski definition) is 6. The van der Waals surface area contributed by atoms with Crippen LogP contribution in [0.1, 0.15) is 44.9 Å². The second kappa shape index (κ2) is 13.0. The first-order chi connectivity index (χ1) is 16.9. The van der Waals surface area contributed by atoms with Gasteiger partial charge in [0.05, 0.1) is 25.4 Å². The highest BCUT2D eigenvalue weighted by atomic mass is 127. The number of carboxylic acid groups (broad SMARTS) is 1. The summed E-state index contributed by atoms with van der Waals surface area (Å²) in [5.41, 5.74) is 0. The van der Waals surface area contributed by atoms with Crippen molar-refractivity contribution >= 4 is 62.3 Å². The third-order valence-electron chi connectivity index (χ3n) is 6.92. The van der Waals surface area contributed by atoms with Gasteiger partial charge in [-0.25, -0.2) is 0 Å². The van der Waals surface area contributed by atoms with E-state index in [1.165, 1.54) is 0 Å². The van der Waals surface area contributed by atoms with Crippen LogP contribution in [0.15, 0.2) is 4.99 Å². The molecule has 0 aromatic rings. The highest BCUT2D eigenvalue weighted by Gasteiger charge is 2.46. The highest BCUT2D eigenvalue weighted by Crippen LogP contribution is 2.40. The fourth-order valence-electron chi connectivity index (χ4n) is 5.25. The maximum absolute atomic E-state index is 13.5. The molecule has 2 aliphatic carbocycles. The molecule has 9 nitrogen and oxygen atoms in total. The molecule has 14 heteroatoms. The topological polar surface area (TPSA) is 132 Å². The molecule has 0 saturated heterocycles. The van der Waals surface area contributed by atoms with Gasteiger partial charge in [0, 0.05) is 33.3 Å². The van der Waals surface area contributed by atoms with Gasteiger partial charge in [-0.05, 0) is 44.4 Å². The second-order valence-corrected chi connectivity index (χ2v) is 12.8. The average molecular weight is 694 g/mol. The summed E-state index contributed by atoms with van der Waals surface area (Å²) in [4.78, 5) is 41.1. The number of carbonyl (C=O) groups is 3. The fraction of sp³-hybridized carbons (Fsp3) is 0.818. The van der Waals surface area contributed by atoms with Gasteiger partial charge >= 0.3 is 12.1 Å². The number of amides is 2. The predicted octanol–water partition coefficient (Wildman–Crippen LogP) is 2.33. The van der Waals surface area contributed by atoms with Gasteiger partial charge in [0.15, 0.2) is 5.96 Å². The molecule has 0 radical (unpaired) electrons. The molecule has 36 heavy (non-hydrogen) atoms. The first-order valence-electron chi connectivity index (χ1n) is 12.1. The van der Waals surface area contributed by atoms with E-state index in [1.54, 1.807) is 0 Å². The standard InChI is InChI=1S/C22H32BrF3IN5O4/c23-14-4-11(5-15(27)8-14)17(9-19(34)35)32-18(33)10-30-20(36)12-3-13(22(24,25)26)7-16(6-12)31-21-28-1-2-29-21/h11-17H,1-10H2,(H,30,36)(H,32,33)(H,34,35)(H2,28,29,31). The van der Waals surface area contributed by atoms with Crippen LogP contribution in [0, 0.1) is 17.8 Å². The van der Waals surface area contributed by atoms with Crippen LogP contribution in [0.4, 0.5) is 13.2 Å². The second-order valence-electron chi connectivity index (χ2n) is 9.79. The van der Waals surface area contributed by atoms with Crippen molar-refractivity contribution < 1.29 is 32.7 Å². The Morgan fingerprint density at radius 2 is 1.92 bits per heavy atom. The number of rotatable bonds is 8. The molecule has 2 amide bonds. The zero-order chi connectivity index (χ0) is 26.5. The van der Waals surface area contributed by atoms with Gasteiger partial charge in [0.1, 0.15) is 0 Å². The SMILES string of the molecule is O=C(O)CC(NC(=O)CNC(=O)C1CC(NC2=NCCN2)CC(C(F)(F)F)C1)C1CC(Br)CC(I)C1. The van der Waals surface area contributed by atoms with Crippen molar-refractivity contribution in [2.45, 2.75) is 72.0 Å². The zero-order valence-electron chi connectivity index (χ0n) is 19.6. The number of nitrogens with zero attached hydrogens (tertiary/aromatic N) is 1. The van der Waals surface area contributed by atoms with Crippen molar-refractivity contribution in [2.75, 3.05) is 19.6 Å². The van der Waals surface area contributed by atoms with Crippen LogP contribution < -0.4 is 21.3 Å².